The average molecular weight is 369 g/mol. The Morgan fingerprint density at radius 3 is 2.83 bits per heavy atom. The van der Waals surface area contributed by atoms with Crippen molar-refractivity contribution in [1.29, 1.82) is 0 Å². The molecule has 23 heavy (non-hydrogen) atoms. The molecule has 3 nitrogen and oxygen atoms in total. The maximum absolute atomic E-state index is 11.9. The predicted octanol–water partition coefficient (Wildman–Crippen LogP) is 3.65. The molecule has 1 aromatic heterocycles. The lowest BCUT2D eigenvalue weighted by Crippen LogP contribution is -2.21. The van der Waals surface area contributed by atoms with E-state index in [1.165, 1.54) is 0 Å². The van der Waals surface area contributed by atoms with Gasteiger partial charge in [0.2, 0.25) is 5.91 Å². The van der Waals surface area contributed by atoms with Gasteiger partial charge in [0.05, 0.1) is 5.69 Å². The number of pyridine rings is 1. The van der Waals surface area contributed by atoms with E-state index in [0.29, 0.717) is 0 Å². The summed E-state index contributed by atoms with van der Waals surface area (Å²) in [6.45, 7) is 2.83. The number of aromatic nitrogens is 1. The number of likely N-dealkylation sites (tertiary alicyclic amines) is 1. The van der Waals surface area contributed by atoms with Gasteiger partial charge in [-0.2, -0.15) is 0 Å². The molecule has 0 saturated carbocycles. The van der Waals surface area contributed by atoms with Crippen LogP contribution in [0.3, 0.4) is 0 Å². The highest BCUT2D eigenvalue weighted by Crippen LogP contribution is 2.22. The van der Waals surface area contributed by atoms with Crippen LogP contribution in [0.15, 0.2) is 41.0 Å². The van der Waals surface area contributed by atoms with E-state index < -0.39 is 0 Å². The molecule has 1 fully saturated rings. The fourth-order valence-electron chi connectivity index (χ4n) is 2.66. The van der Waals surface area contributed by atoms with Gasteiger partial charge < -0.3 is 4.90 Å². The van der Waals surface area contributed by atoms with E-state index in [1.54, 1.807) is 4.90 Å². The fourth-order valence-corrected chi connectivity index (χ4v) is 3.21. The minimum absolute atomic E-state index is 0.123. The van der Waals surface area contributed by atoms with Crippen molar-refractivity contribution >= 4 is 21.8 Å². The highest BCUT2D eigenvalue weighted by atomic mass is 79.9. The molecular weight excluding hydrogens is 352 g/mol. The van der Waals surface area contributed by atoms with Crippen LogP contribution < -0.4 is 0 Å². The third-order valence-corrected chi connectivity index (χ3v) is 4.32. The molecule has 3 rings (SSSR count). The summed E-state index contributed by atoms with van der Waals surface area (Å²) in [4.78, 5) is 18.2. The van der Waals surface area contributed by atoms with Crippen LogP contribution >= 0.6 is 15.9 Å². The van der Waals surface area contributed by atoms with E-state index in [0.717, 1.165) is 40.0 Å². The Labute approximate surface area is 144 Å². The van der Waals surface area contributed by atoms with E-state index >= 15 is 0 Å². The van der Waals surface area contributed by atoms with E-state index in [-0.39, 0.29) is 11.8 Å². The minimum Gasteiger partial charge on any atom is -0.345 e. The quantitative estimate of drug-likeness (QED) is 0.568. The molecule has 1 aliphatic rings. The molecule has 2 aromatic rings. The van der Waals surface area contributed by atoms with E-state index in [9.17, 15) is 4.79 Å². The third-order valence-electron chi connectivity index (χ3n) is 3.92. The van der Waals surface area contributed by atoms with Crippen LogP contribution in [-0.4, -0.2) is 29.4 Å². The molecule has 0 radical (unpaired) electrons. The van der Waals surface area contributed by atoms with Crippen LogP contribution in [0, 0.1) is 24.7 Å². The van der Waals surface area contributed by atoms with Crippen molar-refractivity contribution in [2.24, 2.45) is 5.92 Å². The van der Waals surface area contributed by atoms with Crippen molar-refractivity contribution in [2.75, 3.05) is 13.6 Å². The smallest absolute Gasteiger partial charge is 0.237 e. The Balaban J connectivity index is 1.88. The summed E-state index contributed by atoms with van der Waals surface area (Å²) in [5.41, 5.74) is 4.00. The zero-order valence-corrected chi connectivity index (χ0v) is 14.7. The standard InChI is InChI=1S/C19H17BrN2O/c1-13-10-17(21-18(20)11-13)16-5-3-4-14(12-16)6-7-15-8-9-22(2)19(15)23/h3-5,10-12,15H,8-9H2,1-2H3. The summed E-state index contributed by atoms with van der Waals surface area (Å²) >= 11 is 3.44. The van der Waals surface area contributed by atoms with Gasteiger partial charge in [0.25, 0.3) is 0 Å². The lowest BCUT2D eigenvalue weighted by Gasteiger charge is -2.05. The lowest BCUT2D eigenvalue weighted by molar-refractivity contribution is -0.128. The first-order chi connectivity index (χ1) is 11.0. The monoisotopic (exact) mass is 368 g/mol. The van der Waals surface area contributed by atoms with Gasteiger partial charge in [-0.15, -0.1) is 0 Å². The molecule has 0 bridgehead atoms. The molecule has 0 spiro atoms. The Hall–Kier alpha value is -2.12. The van der Waals surface area contributed by atoms with Crippen LogP contribution in [0.4, 0.5) is 0 Å². The number of halogens is 1. The summed E-state index contributed by atoms with van der Waals surface area (Å²) < 4.78 is 0.823. The molecule has 4 heteroatoms. The number of amides is 1. The average Bonchev–Trinajstić information content (AvgIpc) is 2.84. The first-order valence-electron chi connectivity index (χ1n) is 7.54. The highest BCUT2D eigenvalue weighted by molar-refractivity contribution is 9.10. The maximum atomic E-state index is 11.9. The van der Waals surface area contributed by atoms with Crippen molar-refractivity contribution < 1.29 is 4.79 Å². The number of hydrogen-bond donors (Lipinski definition) is 0. The van der Waals surface area contributed by atoms with Gasteiger partial charge in [-0.25, -0.2) is 4.98 Å². The number of hydrogen-bond acceptors (Lipinski definition) is 2. The topological polar surface area (TPSA) is 33.2 Å². The van der Waals surface area contributed by atoms with Crippen LogP contribution in [0.25, 0.3) is 11.3 Å². The normalized spacial score (nSPS) is 17.1. The summed E-state index contributed by atoms with van der Waals surface area (Å²) in [5.74, 6) is 6.20. The first-order valence-corrected chi connectivity index (χ1v) is 8.33. The van der Waals surface area contributed by atoms with Gasteiger partial charge in [-0.3, -0.25) is 4.79 Å². The fraction of sp³-hybridized carbons (Fsp3) is 0.263. The lowest BCUT2D eigenvalue weighted by atomic mass is 10.0. The third kappa shape index (κ3) is 3.62. The van der Waals surface area contributed by atoms with Gasteiger partial charge >= 0.3 is 0 Å². The summed E-state index contributed by atoms with van der Waals surface area (Å²) in [6.07, 6.45) is 0.814. The zero-order chi connectivity index (χ0) is 16.4. The second-order valence-corrected chi connectivity index (χ2v) is 6.62. The molecule has 0 N–H and O–H groups in total. The van der Waals surface area contributed by atoms with Crippen LogP contribution in [0.2, 0.25) is 0 Å². The molecule has 1 unspecified atom stereocenters. The highest BCUT2D eigenvalue weighted by Gasteiger charge is 2.26. The molecule has 0 aliphatic carbocycles. The number of nitrogens with zero attached hydrogens (tertiary/aromatic N) is 2. The van der Waals surface area contributed by atoms with E-state index in [4.69, 9.17) is 0 Å². The van der Waals surface area contributed by atoms with Gasteiger partial charge in [-0.05, 0) is 59.1 Å². The van der Waals surface area contributed by atoms with Crippen molar-refractivity contribution in [3.8, 4) is 23.1 Å². The second kappa shape index (κ2) is 6.55. The maximum Gasteiger partial charge on any atom is 0.237 e. The SMILES string of the molecule is Cc1cc(Br)nc(-c2cccc(C#CC3CCN(C)C3=O)c2)c1. The van der Waals surface area contributed by atoms with Crippen LogP contribution in [-0.2, 0) is 4.79 Å². The molecular formula is C19H17BrN2O. The molecule has 1 atom stereocenters. The van der Waals surface area contributed by atoms with E-state index in [2.05, 4.69) is 32.8 Å². The van der Waals surface area contributed by atoms with E-state index in [1.807, 2.05) is 50.4 Å². The van der Waals surface area contributed by atoms with Gasteiger partial charge in [0.1, 0.15) is 10.5 Å². The summed E-state index contributed by atoms with van der Waals surface area (Å²) in [7, 11) is 1.83. The Bertz CT molecular complexity index is 799. The summed E-state index contributed by atoms with van der Waals surface area (Å²) in [5, 5.41) is 0. The van der Waals surface area contributed by atoms with Gasteiger partial charge in [0, 0.05) is 24.7 Å². The molecule has 1 saturated heterocycles. The van der Waals surface area contributed by atoms with Crippen molar-refractivity contribution in [3.05, 3.63) is 52.1 Å². The van der Waals surface area contributed by atoms with Crippen LogP contribution in [0.1, 0.15) is 17.5 Å². The van der Waals surface area contributed by atoms with Crippen molar-refractivity contribution in [3.63, 3.8) is 0 Å². The number of benzene rings is 1. The van der Waals surface area contributed by atoms with Gasteiger partial charge in [-0.1, -0.05) is 24.0 Å². The number of aryl methyl sites for hydroxylation is 1. The number of carbonyl (C=O) groups is 1. The Morgan fingerprint density at radius 1 is 1.30 bits per heavy atom. The zero-order valence-electron chi connectivity index (χ0n) is 13.1. The number of rotatable bonds is 1. The second-order valence-electron chi connectivity index (χ2n) is 5.80. The molecule has 1 aliphatic heterocycles. The van der Waals surface area contributed by atoms with Crippen LogP contribution in [0.5, 0.6) is 0 Å². The predicted molar refractivity (Wildman–Crippen MR) is 94.7 cm³/mol. The Kier molecular flexibility index (Phi) is 4.49. The minimum atomic E-state index is -0.171. The first kappa shape index (κ1) is 15.8. The molecule has 1 amide bonds. The summed E-state index contributed by atoms with van der Waals surface area (Å²) in [6, 6.07) is 12.0. The molecule has 116 valence electrons. The number of carbonyl (C=O) groups excluding carboxylic acids is 1. The van der Waals surface area contributed by atoms with Crippen molar-refractivity contribution in [1.82, 2.24) is 9.88 Å². The Morgan fingerprint density at radius 2 is 2.13 bits per heavy atom. The van der Waals surface area contributed by atoms with Crippen molar-refractivity contribution in [2.45, 2.75) is 13.3 Å². The van der Waals surface area contributed by atoms with Gasteiger partial charge in [0.15, 0.2) is 0 Å². The largest absolute Gasteiger partial charge is 0.345 e. The molecule has 1 aromatic carbocycles. The molecule has 2 heterocycles.